The molecule has 2 aliphatic rings. The molecule has 0 bridgehead atoms. The van der Waals surface area contributed by atoms with Gasteiger partial charge in [-0.25, -0.2) is 13.4 Å². The van der Waals surface area contributed by atoms with Crippen molar-refractivity contribution in [2.75, 3.05) is 43.2 Å². The average Bonchev–Trinajstić information content (AvgIpc) is 3.77. The number of hydrogen-bond donors (Lipinski definition) is 2. The summed E-state index contributed by atoms with van der Waals surface area (Å²) in [5.41, 5.74) is 8.85. The third kappa shape index (κ3) is 5.43. The summed E-state index contributed by atoms with van der Waals surface area (Å²) in [6, 6.07) is 17.2. The molecule has 200 valence electrons. The van der Waals surface area contributed by atoms with Gasteiger partial charge in [-0.3, -0.25) is 19.4 Å². The molecular weight excluding hydrogens is 512 g/mol. The molecule has 0 spiro atoms. The second-order valence-electron chi connectivity index (χ2n) is 10.2. The number of amides is 1. The van der Waals surface area contributed by atoms with E-state index >= 15 is 0 Å². The number of para-hydroxylation sites is 1. The van der Waals surface area contributed by atoms with Crippen LogP contribution in [0.1, 0.15) is 23.3 Å². The molecule has 1 saturated heterocycles. The highest BCUT2D eigenvalue weighted by atomic mass is 32.2. The van der Waals surface area contributed by atoms with Crippen LogP contribution in [-0.4, -0.2) is 66.8 Å². The minimum absolute atomic E-state index is 0.0686. The molecule has 2 aromatic heterocycles. The molecule has 3 N–H and O–H groups in total. The number of benzene rings is 2. The zero-order chi connectivity index (χ0) is 27.0. The van der Waals surface area contributed by atoms with Crippen molar-refractivity contribution < 1.29 is 13.2 Å². The summed E-state index contributed by atoms with van der Waals surface area (Å²) >= 11 is 0. The number of nitrogens with zero attached hydrogens (tertiary/aromatic N) is 4. The van der Waals surface area contributed by atoms with Gasteiger partial charge in [0.2, 0.25) is 0 Å². The Morgan fingerprint density at radius 1 is 0.949 bits per heavy atom. The molecule has 9 nitrogen and oxygen atoms in total. The van der Waals surface area contributed by atoms with Gasteiger partial charge in [0.25, 0.3) is 15.9 Å². The van der Waals surface area contributed by atoms with Crippen molar-refractivity contribution in [1.82, 2.24) is 19.8 Å². The van der Waals surface area contributed by atoms with Crippen molar-refractivity contribution in [3.63, 3.8) is 0 Å². The van der Waals surface area contributed by atoms with E-state index in [2.05, 4.69) is 19.6 Å². The molecule has 0 radical (unpaired) electrons. The lowest BCUT2D eigenvalue weighted by Crippen LogP contribution is -2.49. The molecule has 0 unspecified atom stereocenters. The first-order chi connectivity index (χ1) is 18.9. The Labute approximate surface area is 227 Å². The van der Waals surface area contributed by atoms with E-state index in [0.717, 1.165) is 30.9 Å². The van der Waals surface area contributed by atoms with Crippen LogP contribution >= 0.6 is 0 Å². The van der Waals surface area contributed by atoms with E-state index in [0.29, 0.717) is 41.1 Å². The van der Waals surface area contributed by atoms with Crippen molar-refractivity contribution in [2.45, 2.75) is 17.7 Å². The molecule has 1 aliphatic carbocycles. The number of pyridine rings is 2. The Kier molecular flexibility index (Phi) is 6.66. The van der Waals surface area contributed by atoms with Crippen LogP contribution in [0.25, 0.3) is 22.0 Å². The molecule has 2 aromatic carbocycles. The number of rotatable bonds is 7. The van der Waals surface area contributed by atoms with Gasteiger partial charge in [0.05, 0.1) is 22.3 Å². The molecule has 1 aliphatic heterocycles. The number of piperazine rings is 1. The Hall–Kier alpha value is -4.02. The number of hydrogen-bond acceptors (Lipinski definition) is 7. The van der Waals surface area contributed by atoms with Gasteiger partial charge in [0, 0.05) is 61.1 Å². The van der Waals surface area contributed by atoms with Crippen LogP contribution in [0, 0.1) is 5.92 Å². The lowest BCUT2D eigenvalue weighted by molar-refractivity contribution is 0.0626. The van der Waals surface area contributed by atoms with Crippen molar-refractivity contribution >= 4 is 38.2 Å². The van der Waals surface area contributed by atoms with Crippen LogP contribution in [0.4, 0.5) is 11.4 Å². The molecule has 39 heavy (non-hydrogen) atoms. The Morgan fingerprint density at radius 3 is 2.49 bits per heavy atom. The first-order valence-electron chi connectivity index (χ1n) is 13.1. The standard InChI is InChI=1S/C29H30N6O3S/c30-22-8-11-27(25(17-22)24-5-1-3-21-4-2-12-31-28(21)24)39(37,38)33-23-9-10-26(32-18-23)29(36)35-15-13-34(14-16-35)19-20-6-7-20/h1-5,8-12,17-18,20,33H,6-7,13-16,19,30H2. The first-order valence-corrected chi connectivity index (χ1v) is 14.6. The fourth-order valence-electron chi connectivity index (χ4n) is 5.07. The van der Waals surface area contributed by atoms with E-state index in [1.807, 2.05) is 35.2 Å². The lowest BCUT2D eigenvalue weighted by atomic mass is 10.0. The van der Waals surface area contributed by atoms with E-state index < -0.39 is 10.0 Å². The predicted molar refractivity (Wildman–Crippen MR) is 152 cm³/mol. The monoisotopic (exact) mass is 542 g/mol. The number of carbonyl (C=O) groups is 1. The van der Waals surface area contributed by atoms with E-state index in [4.69, 9.17) is 5.73 Å². The van der Waals surface area contributed by atoms with Crippen molar-refractivity contribution in [2.24, 2.45) is 5.92 Å². The fraction of sp³-hybridized carbons (Fsp3) is 0.276. The topological polar surface area (TPSA) is 122 Å². The Bertz CT molecular complexity index is 1620. The molecule has 1 saturated carbocycles. The summed E-state index contributed by atoms with van der Waals surface area (Å²) in [4.78, 5) is 26.1. The van der Waals surface area contributed by atoms with Crippen molar-refractivity contribution in [3.8, 4) is 11.1 Å². The quantitative estimate of drug-likeness (QED) is 0.340. The van der Waals surface area contributed by atoms with Gasteiger partial charge in [-0.15, -0.1) is 0 Å². The Morgan fingerprint density at radius 2 is 1.74 bits per heavy atom. The van der Waals surface area contributed by atoms with E-state index in [1.165, 1.54) is 25.1 Å². The molecule has 2 fully saturated rings. The van der Waals surface area contributed by atoms with Crippen LogP contribution < -0.4 is 10.5 Å². The Balaban J connectivity index is 1.20. The van der Waals surface area contributed by atoms with Gasteiger partial charge >= 0.3 is 0 Å². The van der Waals surface area contributed by atoms with Crippen LogP contribution in [0.5, 0.6) is 0 Å². The van der Waals surface area contributed by atoms with Gasteiger partial charge < -0.3 is 10.6 Å². The van der Waals surface area contributed by atoms with Gasteiger partial charge in [-0.05, 0) is 55.2 Å². The third-order valence-electron chi connectivity index (χ3n) is 7.32. The van der Waals surface area contributed by atoms with Crippen LogP contribution in [0.3, 0.4) is 0 Å². The minimum Gasteiger partial charge on any atom is -0.399 e. The van der Waals surface area contributed by atoms with E-state index in [9.17, 15) is 13.2 Å². The fourth-order valence-corrected chi connectivity index (χ4v) is 6.31. The summed E-state index contributed by atoms with van der Waals surface area (Å²) in [7, 11) is -4.02. The summed E-state index contributed by atoms with van der Waals surface area (Å²) in [6.45, 7) is 4.21. The number of sulfonamides is 1. The number of nitrogens with one attached hydrogen (secondary N) is 1. The van der Waals surface area contributed by atoms with Crippen LogP contribution in [0.15, 0.2) is 78.0 Å². The summed E-state index contributed by atoms with van der Waals surface area (Å²) < 4.78 is 29.7. The van der Waals surface area contributed by atoms with Crippen molar-refractivity contribution in [1.29, 1.82) is 0 Å². The molecule has 6 rings (SSSR count). The van der Waals surface area contributed by atoms with E-state index in [-0.39, 0.29) is 16.5 Å². The number of carbonyl (C=O) groups excluding carboxylic acids is 1. The number of aromatic nitrogens is 2. The summed E-state index contributed by atoms with van der Waals surface area (Å²) in [5.74, 6) is 0.693. The lowest BCUT2D eigenvalue weighted by Gasteiger charge is -2.34. The third-order valence-corrected chi connectivity index (χ3v) is 8.76. The van der Waals surface area contributed by atoms with Gasteiger partial charge in [0.1, 0.15) is 5.69 Å². The second kappa shape index (κ2) is 10.3. The highest BCUT2D eigenvalue weighted by Gasteiger charge is 2.28. The highest BCUT2D eigenvalue weighted by Crippen LogP contribution is 2.34. The SMILES string of the molecule is Nc1ccc(S(=O)(=O)Nc2ccc(C(=O)N3CCN(CC4CC4)CC3)nc2)c(-c2cccc3cccnc23)c1. The number of anilines is 2. The predicted octanol–water partition coefficient (Wildman–Crippen LogP) is 3.85. The normalized spacial score (nSPS) is 16.4. The minimum atomic E-state index is -4.02. The number of nitrogens with two attached hydrogens (primary N) is 1. The van der Waals surface area contributed by atoms with Gasteiger partial charge in [0.15, 0.2) is 0 Å². The molecule has 0 atom stereocenters. The zero-order valence-electron chi connectivity index (χ0n) is 21.5. The smallest absolute Gasteiger partial charge is 0.272 e. The van der Waals surface area contributed by atoms with Gasteiger partial charge in [-0.2, -0.15) is 0 Å². The number of fused-ring (bicyclic) bond motifs is 1. The highest BCUT2D eigenvalue weighted by molar-refractivity contribution is 7.92. The summed E-state index contributed by atoms with van der Waals surface area (Å²) in [6.07, 6.45) is 5.69. The molecule has 10 heteroatoms. The number of nitrogen functional groups attached to an aromatic ring is 1. The van der Waals surface area contributed by atoms with Crippen molar-refractivity contribution in [3.05, 3.63) is 78.8 Å². The van der Waals surface area contributed by atoms with Gasteiger partial charge in [-0.1, -0.05) is 24.3 Å². The maximum absolute atomic E-state index is 13.5. The molecule has 4 aromatic rings. The zero-order valence-corrected chi connectivity index (χ0v) is 22.3. The molecular formula is C29H30N6O3S. The molecule has 1 amide bonds. The summed E-state index contributed by atoms with van der Waals surface area (Å²) in [5, 5.41) is 0.891. The maximum atomic E-state index is 13.5. The maximum Gasteiger partial charge on any atom is 0.272 e. The van der Waals surface area contributed by atoms with Crippen LogP contribution in [0.2, 0.25) is 0 Å². The molecule has 3 heterocycles. The first kappa shape index (κ1) is 25.3. The van der Waals surface area contributed by atoms with Crippen LogP contribution in [-0.2, 0) is 10.0 Å². The largest absolute Gasteiger partial charge is 0.399 e. The second-order valence-corrected chi connectivity index (χ2v) is 11.9. The average molecular weight is 543 g/mol. The van der Waals surface area contributed by atoms with E-state index in [1.54, 1.807) is 30.5 Å².